The number of carboxylic acids is 1. The molecule has 6 heteroatoms. The van der Waals surface area contributed by atoms with E-state index in [2.05, 4.69) is 5.32 Å². The van der Waals surface area contributed by atoms with Crippen LogP contribution in [0.3, 0.4) is 0 Å². The Balaban J connectivity index is 2.61. The summed E-state index contributed by atoms with van der Waals surface area (Å²) in [5, 5.41) is 11.3. The first-order valence-electron chi connectivity index (χ1n) is 4.59. The van der Waals surface area contributed by atoms with Gasteiger partial charge in [-0.15, -0.1) is 0 Å². The fourth-order valence-electron chi connectivity index (χ4n) is 1.13. The number of hydrogen-bond acceptors (Lipinski definition) is 4. The third kappa shape index (κ3) is 4.79. The van der Waals surface area contributed by atoms with Crippen molar-refractivity contribution in [3.63, 3.8) is 0 Å². The molecule has 88 valence electrons. The molecule has 0 saturated carbocycles. The summed E-state index contributed by atoms with van der Waals surface area (Å²) in [5.41, 5.74) is 1.33. The van der Waals surface area contributed by atoms with Crippen molar-refractivity contribution < 1.29 is 18.3 Å². The minimum Gasteiger partial charge on any atom is -0.481 e. The Morgan fingerprint density at radius 1 is 1.31 bits per heavy atom. The van der Waals surface area contributed by atoms with Gasteiger partial charge in [-0.25, -0.2) is 8.42 Å². The number of rotatable bonds is 5. The second-order valence-corrected chi connectivity index (χ2v) is 5.65. The van der Waals surface area contributed by atoms with Crippen molar-refractivity contribution in [2.75, 3.05) is 17.4 Å². The maximum absolute atomic E-state index is 10.9. The van der Waals surface area contributed by atoms with Gasteiger partial charge in [-0.2, -0.15) is 0 Å². The van der Waals surface area contributed by atoms with Crippen molar-refractivity contribution >= 4 is 21.5 Å². The Bertz CT molecular complexity index is 464. The van der Waals surface area contributed by atoms with Gasteiger partial charge in [-0.1, -0.05) is 12.1 Å². The number of hydrogen-bond donors (Lipinski definition) is 2. The molecule has 5 nitrogen and oxygen atoms in total. The largest absolute Gasteiger partial charge is 0.481 e. The second-order valence-electron chi connectivity index (χ2n) is 3.51. The van der Waals surface area contributed by atoms with Gasteiger partial charge >= 0.3 is 5.97 Å². The highest BCUT2D eigenvalue weighted by Gasteiger charge is 2.02. The average molecular weight is 243 g/mol. The lowest BCUT2D eigenvalue weighted by molar-refractivity contribution is -0.136. The lowest BCUT2D eigenvalue weighted by Gasteiger charge is -2.05. The van der Waals surface area contributed by atoms with Crippen LogP contribution in [0.2, 0.25) is 0 Å². The van der Waals surface area contributed by atoms with E-state index in [1.54, 1.807) is 24.3 Å². The summed E-state index contributed by atoms with van der Waals surface area (Å²) in [6.45, 7) is 0. The van der Waals surface area contributed by atoms with Gasteiger partial charge in [-0.3, -0.25) is 4.79 Å². The van der Waals surface area contributed by atoms with Crippen molar-refractivity contribution in [1.82, 2.24) is 0 Å². The number of anilines is 1. The molecule has 0 radical (unpaired) electrons. The zero-order valence-electron chi connectivity index (χ0n) is 8.80. The first-order chi connectivity index (χ1) is 7.37. The van der Waals surface area contributed by atoms with Gasteiger partial charge in [0.2, 0.25) is 0 Å². The van der Waals surface area contributed by atoms with E-state index in [4.69, 9.17) is 5.11 Å². The SMILES string of the molecule is CS(=O)(=O)CNc1ccc(CC(=O)O)cc1. The van der Waals surface area contributed by atoms with Crippen LogP contribution in [0.15, 0.2) is 24.3 Å². The van der Waals surface area contributed by atoms with E-state index in [1.165, 1.54) is 0 Å². The number of aliphatic carboxylic acids is 1. The zero-order chi connectivity index (χ0) is 12.2. The molecule has 1 rings (SSSR count). The molecule has 0 aromatic heterocycles. The predicted octanol–water partition coefficient (Wildman–Crippen LogP) is 0.728. The van der Waals surface area contributed by atoms with Gasteiger partial charge in [-0.05, 0) is 17.7 Å². The van der Waals surface area contributed by atoms with E-state index in [0.717, 1.165) is 6.26 Å². The highest BCUT2D eigenvalue weighted by atomic mass is 32.2. The maximum atomic E-state index is 10.9. The van der Waals surface area contributed by atoms with Gasteiger partial charge in [0, 0.05) is 11.9 Å². The third-order valence-electron chi connectivity index (χ3n) is 1.85. The molecule has 2 N–H and O–H groups in total. The third-order valence-corrected chi connectivity index (χ3v) is 2.52. The number of nitrogens with one attached hydrogen (secondary N) is 1. The fraction of sp³-hybridized carbons (Fsp3) is 0.300. The van der Waals surface area contributed by atoms with Gasteiger partial charge in [0.1, 0.15) is 5.88 Å². The minimum atomic E-state index is -3.06. The first kappa shape index (κ1) is 12.5. The topological polar surface area (TPSA) is 83.5 Å². The van der Waals surface area contributed by atoms with Crippen LogP contribution in [-0.2, 0) is 21.1 Å². The summed E-state index contributed by atoms with van der Waals surface area (Å²) >= 11 is 0. The zero-order valence-corrected chi connectivity index (χ0v) is 9.62. The van der Waals surface area contributed by atoms with E-state index in [0.29, 0.717) is 11.3 Å². The molecule has 0 atom stereocenters. The van der Waals surface area contributed by atoms with Crippen LogP contribution < -0.4 is 5.32 Å². The fourth-order valence-corrected chi connectivity index (χ4v) is 1.56. The van der Waals surface area contributed by atoms with Crippen molar-refractivity contribution in [2.24, 2.45) is 0 Å². The van der Waals surface area contributed by atoms with Gasteiger partial charge in [0.25, 0.3) is 0 Å². The summed E-state index contributed by atoms with van der Waals surface area (Å²) in [4.78, 5) is 10.4. The van der Waals surface area contributed by atoms with E-state index in [9.17, 15) is 13.2 Å². The Kier molecular flexibility index (Phi) is 3.89. The van der Waals surface area contributed by atoms with Crippen LogP contribution in [0.1, 0.15) is 5.56 Å². The van der Waals surface area contributed by atoms with Gasteiger partial charge in [0.05, 0.1) is 6.42 Å². The molecule has 16 heavy (non-hydrogen) atoms. The van der Waals surface area contributed by atoms with Crippen molar-refractivity contribution in [1.29, 1.82) is 0 Å². The maximum Gasteiger partial charge on any atom is 0.307 e. The molecule has 0 amide bonds. The lowest BCUT2D eigenvalue weighted by atomic mass is 10.1. The molecule has 0 saturated heterocycles. The van der Waals surface area contributed by atoms with E-state index in [1.807, 2.05) is 0 Å². The summed E-state index contributed by atoms with van der Waals surface area (Å²) in [7, 11) is -3.06. The Labute approximate surface area is 94.0 Å². The van der Waals surface area contributed by atoms with Crippen LogP contribution in [0.25, 0.3) is 0 Å². The van der Waals surface area contributed by atoms with Crippen molar-refractivity contribution in [3.05, 3.63) is 29.8 Å². The molecule has 0 unspecified atom stereocenters. The molecular formula is C10H13NO4S. The molecule has 1 aromatic carbocycles. The molecule has 0 heterocycles. The lowest BCUT2D eigenvalue weighted by Crippen LogP contribution is -2.12. The van der Waals surface area contributed by atoms with Crippen LogP contribution in [0.4, 0.5) is 5.69 Å². The molecule has 0 aliphatic carbocycles. The Morgan fingerprint density at radius 3 is 2.31 bits per heavy atom. The highest BCUT2D eigenvalue weighted by Crippen LogP contribution is 2.10. The van der Waals surface area contributed by atoms with Crippen LogP contribution >= 0.6 is 0 Å². The monoisotopic (exact) mass is 243 g/mol. The predicted molar refractivity (Wildman–Crippen MR) is 61.1 cm³/mol. The van der Waals surface area contributed by atoms with Crippen LogP contribution in [0, 0.1) is 0 Å². The van der Waals surface area contributed by atoms with E-state index in [-0.39, 0.29) is 12.3 Å². The number of benzene rings is 1. The molecule has 0 bridgehead atoms. The molecule has 0 fully saturated rings. The highest BCUT2D eigenvalue weighted by molar-refractivity contribution is 7.90. The number of carboxylic acid groups (broad SMARTS) is 1. The standard InChI is InChI=1S/C10H13NO4S/c1-16(14,15)7-11-9-4-2-8(3-5-9)6-10(12)13/h2-5,11H,6-7H2,1H3,(H,12,13). The van der Waals surface area contributed by atoms with Crippen LogP contribution in [-0.4, -0.2) is 31.6 Å². The minimum absolute atomic E-state index is 0.0354. The van der Waals surface area contributed by atoms with Gasteiger partial charge in [0.15, 0.2) is 9.84 Å². The summed E-state index contributed by atoms with van der Waals surface area (Å²) in [5.74, 6) is -1.03. The van der Waals surface area contributed by atoms with Crippen LogP contribution in [0.5, 0.6) is 0 Å². The molecule has 0 aliphatic rings. The molecular weight excluding hydrogens is 230 g/mol. The van der Waals surface area contributed by atoms with Gasteiger partial charge < -0.3 is 10.4 Å². The van der Waals surface area contributed by atoms with Crippen molar-refractivity contribution in [3.8, 4) is 0 Å². The normalized spacial score (nSPS) is 11.1. The molecule has 0 aliphatic heterocycles. The summed E-state index contributed by atoms with van der Waals surface area (Å²) < 4.78 is 21.8. The van der Waals surface area contributed by atoms with Crippen molar-refractivity contribution in [2.45, 2.75) is 6.42 Å². The van der Waals surface area contributed by atoms with E-state index < -0.39 is 15.8 Å². The second kappa shape index (κ2) is 4.98. The number of carbonyl (C=O) groups is 1. The van der Waals surface area contributed by atoms with E-state index >= 15 is 0 Å². The smallest absolute Gasteiger partial charge is 0.307 e. The quantitative estimate of drug-likeness (QED) is 0.796. The Morgan fingerprint density at radius 2 is 1.88 bits per heavy atom. The molecule has 0 spiro atoms. The molecule has 1 aromatic rings. The Hall–Kier alpha value is -1.56. The number of sulfone groups is 1. The summed E-state index contributed by atoms with van der Waals surface area (Å²) in [6.07, 6.45) is 1.10. The average Bonchev–Trinajstić information content (AvgIpc) is 2.14. The first-order valence-corrected chi connectivity index (χ1v) is 6.65. The summed E-state index contributed by atoms with van der Waals surface area (Å²) in [6, 6.07) is 6.62.